The van der Waals surface area contributed by atoms with E-state index in [9.17, 15) is 78.0 Å². The molecule has 3 saturated heterocycles. The molecule has 0 saturated carbocycles. The average molecular weight is 1830 g/mol. The van der Waals surface area contributed by atoms with Crippen LogP contribution in [0, 0.1) is 0 Å². The Hall–Kier alpha value is -13.0. The number of carboxylic acid groups (broad SMARTS) is 1. The third kappa shape index (κ3) is 27.5. The monoisotopic (exact) mass is 1830 g/mol. The number of phenolic OH excluding ortho intramolecular Hbond substituents is 1. The number of carbonyl (C=O) groups excluding carboxylic acids is 16. The lowest BCUT2D eigenvalue weighted by molar-refractivity contribution is -0.149. The molecule has 15 atom stereocenters. The molecule has 3 aromatic carbocycles. The number of unbranched alkanes of at least 4 members (excludes halogenated alkanes) is 2. The highest BCUT2D eigenvalue weighted by atomic mass is 32.2. The van der Waals surface area contributed by atoms with E-state index in [0.29, 0.717) is 47.7 Å². The molecule has 1 unspecified atom stereocenters. The van der Waals surface area contributed by atoms with Crippen LogP contribution in [0.3, 0.4) is 0 Å². The summed E-state index contributed by atoms with van der Waals surface area (Å²) in [5.74, 6) is -17.7. The number of nitrogens with zero attached hydrogens (tertiary/aromatic N) is 6. The van der Waals surface area contributed by atoms with Gasteiger partial charge in [0, 0.05) is 118 Å². The molecule has 6 heterocycles. The van der Waals surface area contributed by atoms with Gasteiger partial charge in [0.2, 0.25) is 94.5 Å². The summed E-state index contributed by atoms with van der Waals surface area (Å²) in [6.07, 6.45) is 3.88. The van der Waals surface area contributed by atoms with E-state index in [1.165, 1.54) is 71.8 Å². The Balaban J connectivity index is 1.07. The molecule has 3 aliphatic heterocycles. The zero-order valence-electron chi connectivity index (χ0n) is 73.6. The number of amides is 16. The van der Waals surface area contributed by atoms with Gasteiger partial charge in [-0.2, -0.15) is 0 Å². The number of aromatic amines is 3. The Labute approximate surface area is 753 Å². The van der Waals surface area contributed by atoms with Crippen molar-refractivity contribution in [2.24, 2.45) is 11.5 Å². The van der Waals surface area contributed by atoms with Gasteiger partial charge in [0.25, 0.3) is 0 Å². The van der Waals surface area contributed by atoms with Gasteiger partial charge in [-0.15, -0.1) is 11.8 Å². The Morgan fingerprint density at radius 1 is 0.569 bits per heavy atom. The first kappa shape index (κ1) is 101. The number of primary amides is 2. The van der Waals surface area contributed by atoms with E-state index in [4.69, 9.17) is 11.5 Å². The first-order valence-corrected chi connectivity index (χ1v) is 44.5. The molecule has 42 nitrogen and oxygen atoms in total. The molecule has 130 heavy (non-hydrogen) atoms. The molecule has 0 radical (unpaired) electrons. The number of carbonyl (C=O) groups is 17. The summed E-state index contributed by atoms with van der Waals surface area (Å²) < 4.78 is 0. The third-order valence-corrected chi connectivity index (χ3v) is 24.5. The van der Waals surface area contributed by atoms with Gasteiger partial charge in [0.15, 0.2) is 0 Å². The van der Waals surface area contributed by atoms with Gasteiger partial charge in [-0.3, -0.25) is 81.5 Å². The van der Waals surface area contributed by atoms with Crippen molar-refractivity contribution >= 4 is 134 Å². The van der Waals surface area contributed by atoms with E-state index in [1.807, 2.05) is 38.1 Å². The molecular formula is C87H119N21O21S. The number of thioether (sulfide) groups is 1. The highest BCUT2D eigenvalue weighted by molar-refractivity contribution is 8.00. The second-order valence-electron chi connectivity index (χ2n) is 33.0. The first-order chi connectivity index (χ1) is 62.0. The predicted octanol–water partition coefficient (Wildman–Crippen LogP) is -2.88. The second-order valence-corrected chi connectivity index (χ2v) is 34.0. The summed E-state index contributed by atoms with van der Waals surface area (Å²) in [7, 11) is 3.93. The maximum absolute atomic E-state index is 15.6. The van der Waals surface area contributed by atoms with Crippen LogP contribution in [0.25, 0.3) is 21.8 Å². The van der Waals surface area contributed by atoms with Gasteiger partial charge in [-0.25, -0.2) is 4.98 Å². The maximum Gasteiger partial charge on any atom is 0.305 e. The minimum absolute atomic E-state index is 0.0269. The van der Waals surface area contributed by atoms with Gasteiger partial charge in [-0.05, 0) is 99.7 Å². The summed E-state index contributed by atoms with van der Waals surface area (Å²) in [4.78, 5) is 263. The molecular weight excluding hydrogens is 1710 g/mol. The standard InChI is InChI=1S/C87H119N21O21S/c1-8-10-21-68-81(123)96-47(3)75(117)103-67(77(119)94-41-72(89)113)44-130-45-73(114)97-62(31-49-24-27-54(110)28-25-49)83(125)104(5)48(4)76(118)99-64(35-71(88)112)85(127)107-30-16-23-69(107)82(124)98-61(33-52-39-90-46-95-52)79(121)101-65(36-74(115)116)86(128)108-42-55(111)34-53(108)40-93-60(29-26-50-37-91-58-19-14-12-17-56(50)58)78(120)102-66(43-109)80(122)100-63(32-51-38-92-59-20-15-13-18-57(51)59)84(126)106(7)70(22-11-9-2)87(129)105(68)6/h12-15,17-20,24-25,27-28,37-39,46-48,53,55,60-70,91-93,109-111H,8-11,16,21-23,26,29-36,40-45H2,1-7H3,(H2,88,112)(H2,89,113)(H,90,95)(H,94,119)(H,96,123)(H,97,114)(H,98,124)(H,99,118)(H,100,122)(H,101,121)(H,102,120)(H,103,117)(H,115,116)/t47-,48-,53-,55+,60-,61-,62-,63-,64?,65-,66-,67-,68-,69-,70-/m0/s1. The van der Waals surface area contributed by atoms with Gasteiger partial charge >= 0.3 is 5.97 Å². The van der Waals surface area contributed by atoms with E-state index >= 15 is 24.0 Å². The number of H-pyrrole nitrogens is 3. The van der Waals surface area contributed by atoms with Crippen LogP contribution in [0.1, 0.15) is 127 Å². The number of aryl methyl sites for hydroxylation is 1. The molecule has 0 spiro atoms. The summed E-state index contributed by atoms with van der Waals surface area (Å²) >= 11 is 0.775. The van der Waals surface area contributed by atoms with Crippen molar-refractivity contribution in [3.63, 3.8) is 0 Å². The molecule has 16 amide bonds. The predicted molar refractivity (Wildman–Crippen MR) is 474 cm³/mol. The van der Waals surface area contributed by atoms with E-state index in [1.54, 1.807) is 36.7 Å². The van der Waals surface area contributed by atoms with Gasteiger partial charge in [-0.1, -0.05) is 88.1 Å². The van der Waals surface area contributed by atoms with E-state index < -0.39 is 235 Å². The second kappa shape index (κ2) is 47.9. The largest absolute Gasteiger partial charge is 0.508 e. The summed E-state index contributed by atoms with van der Waals surface area (Å²) in [6.45, 7) is 3.66. The molecule has 9 rings (SSSR count). The molecule has 0 aliphatic carbocycles. The van der Waals surface area contributed by atoms with Crippen molar-refractivity contribution in [2.75, 3.05) is 65.4 Å². The molecule has 704 valence electrons. The van der Waals surface area contributed by atoms with Gasteiger partial charge in [0.1, 0.15) is 78.3 Å². The normalized spacial score (nSPS) is 25.3. The van der Waals surface area contributed by atoms with Crippen molar-refractivity contribution in [2.45, 2.75) is 221 Å². The van der Waals surface area contributed by atoms with Crippen LogP contribution in [0.5, 0.6) is 5.75 Å². The van der Waals surface area contributed by atoms with Crippen LogP contribution in [-0.4, -0.2) is 321 Å². The molecule has 6 aromatic rings. The Morgan fingerprint density at radius 2 is 1.15 bits per heavy atom. The van der Waals surface area contributed by atoms with Gasteiger partial charge in [0.05, 0.1) is 50.2 Å². The number of imidazole rings is 1. The zero-order valence-corrected chi connectivity index (χ0v) is 74.5. The third-order valence-electron chi connectivity index (χ3n) is 23.5. The fourth-order valence-corrected chi connectivity index (χ4v) is 17.0. The minimum atomic E-state index is -1.91. The number of aliphatic hydroxyl groups excluding tert-OH is 2. The van der Waals surface area contributed by atoms with E-state index in [0.717, 1.165) is 52.7 Å². The van der Waals surface area contributed by atoms with Crippen molar-refractivity contribution in [3.05, 3.63) is 120 Å². The lowest BCUT2D eigenvalue weighted by atomic mass is 10.00. The average Bonchev–Trinajstić information content (AvgIpc) is 1.81. The topological polar surface area (TPSA) is 620 Å². The number of aliphatic hydroxyl groups is 2. The zero-order chi connectivity index (χ0) is 94.7. The maximum atomic E-state index is 15.6. The van der Waals surface area contributed by atoms with Crippen LogP contribution >= 0.6 is 11.8 Å². The Morgan fingerprint density at radius 3 is 1.78 bits per heavy atom. The first-order valence-electron chi connectivity index (χ1n) is 43.3. The number of rotatable bonds is 23. The summed E-state index contributed by atoms with van der Waals surface area (Å²) in [5.41, 5.74) is 14.4. The number of aromatic nitrogens is 4. The van der Waals surface area contributed by atoms with Crippen molar-refractivity contribution in [3.8, 4) is 5.75 Å². The molecule has 3 fully saturated rings. The smallest absolute Gasteiger partial charge is 0.305 e. The highest BCUT2D eigenvalue weighted by Crippen LogP contribution is 2.27. The van der Waals surface area contributed by atoms with Crippen molar-refractivity contribution in [1.29, 1.82) is 0 Å². The number of fused-ring (bicyclic) bond motifs is 4. The number of benzene rings is 3. The van der Waals surface area contributed by atoms with Crippen LogP contribution < -0.4 is 64.6 Å². The number of hydrogen-bond donors (Lipinski definition) is 19. The van der Waals surface area contributed by atoms with Crippen molar-refractivity contribution in [1.82, 2.24) is 97.6 Å². The number of hydrogen-bond acceptors (Lipinski definition) is 23. The summed E-state index contributed by atoms with van der Waals surface area (Å²) in [6, 6.07) is -1.16. The fourth-order valence-electron chi connectivity index (χ4n) is 16.1. The number of aliphatic carboxylic acids is 1. The minimum Gasteiger partial charge on any atom is -0.508 e. The number of likely N-dealkylation sites (N-methyl/N-ethyl adjacent to an activating group) is 3. The lowest BCUT2D eigenvalue weighted by Gasteiger charge is -2.36. The number of nitrogens with two attached hydrogens (primary N) is 2. The lowest BCUT2D eigenvalue weighted by Crippen LogP contribution is -2.61. The quantitative estimate of drug-likeness (QED) is 0.0306. The van der Waals surface area contributed by atoms with E-state index in [2.05, 4.69) is 73.1 Å². The van der Waals surface area contributed by atoms with Crippen LogP contribution in [0.2, 0.25) is 0 Å². The molecule has 3 aliphatic rings. The highest BCUT2D eigenvalue weighted by Gasteiger charge is 2.45. The fraction of sp³-hybridized carbons (Fsp3) is 0.517. The van der Waals surface area contributed by atoms with Crippen LogP contribution in [0.4, 0.5) is 0 Å². The number of phenols is 1. The van der Waals surface area contributed by atoms with Crippen LogP contribution in [0.15, 0.2) is 97.7 Å². The number of para-hydroxylation sites is 2. The molecule has 3 aromatic heterocycles. The molecule has 0 bridgehead atoms. The molecule has 21 N–H and O–H groups in total. The SMILES string of the molecule is CCCC[C@H]1C(=O)N(C)[C@@H](CCCC)C(=O)N[C@@H](C)C(=O)N[C@H](C(=O)NCC(N)=O)CSCC(=O)N[C@@H](Cc2ccc(O)cc2)C(=O)N(C)[C@@H](C)C(=O)NC(CC(N)=O)C(=O)N2CCC[C@H]2C(=O)N[C@@H](Cc2cnc[nH]2)C(=O)N[C@@H](CC(=O)O)C(=O)N2C[C@H](O)C[C@H]2CN[C@@H](CCc2c[nH]c3ccccc23)C(=O)N[C@@H](CO)C(=O)N[C@@H](Cc2c[nH]c3ccccc23)C(=O)N1C. The van der Waals surface area contributed by atoms with Crippen LogP contribution in [-0.2, 0) is 107 Å². The Kier molecular flexibility index (Phi) is 37.1. The molecule has 43 heteroatoms. The number of nitrogens with one attached hydrogen (secondary N) is 13. The summed E-state index contributed by atoms with van der Waals surface area (Å²) in [5, 5.41) is 71.0. The van der Waals surface area contributed by atoms with Crippen molar-refractivity contribution < 1.29 is 102 Å². The van der Waals surface area contributed by atoms with E-state index in [-0.39, 0.29) is 88.7 Å². The number of aromatic hydroxyl groups is 1. The number of carboxylic acids is 1. The Bertz CT molecular complexity index is 5030. The van der Waals surface area contributed by atoms with Gasteiger partial charge < -0.3 is 125 Å².